The van der Waals surface area contributed by atoms with Crippen LogP contribution >= 0.6 is 11.6 Å². The summed E-state index contributed by atoms with van der Waals surface area (Å²) in [4.78, 5) is 21.4. The Balaban J connectivity index is 3.15. The van der Waals surface area contributed by atoms with Crippen LogP contribution in [0.5, 0.6) is 0 Å². The predicted molar refractivity (Wildman–Crippen MR) is 77.2 cm³/mol. The molecule has 6 nitrogen and oxygen atoms in total. The molecule has 0 aliphatic carbocycles. The van der Waals surface area contributed by atoms with Gasteiger partial charge in [0.15, 0.2) is 0 Å². The number of aliphatic carboxylic acids is 1. The molecule has 110 valence electrons. The van der Waals surface area contributed by atoms with Gasteiger partial charge in [-0.25, -0.2) is 0 Å². The van der Waals surface area contributed by atoms with Crippen molar-refractivity contribution in [3.63, 3.8) is 0 Å². The number of halogens is 1. The van der Waals surface area contributed by atoms with Crippen molar-refractivity contribution < 1.29 is 14.8 Å². The number of hydrogen-bond acceptors (Lipinski definition) is 4. The number of anilines is 1. The van der Waals surface area contributed by atoms with Gasteiger partial charge in [-0.15, -0.1) is 0 Å². The van der Waals surface area contributed by atoms with E-state index in [4.69, 9.17) is 16.7 Å². The zero-order valence-electron chi connectivity index (χ0n) is 11.5. The Bertz CT molecular complexity index is 526. The molecule has 1 aromatic rings. The highest BCUT2D eigenvalue weighted by molar-refractivity contribution is 6.33. The highest BCUT2D eigenvalue weighted by Gasteiger charge is 2.29. The molecule has 1 unspecified atom stereocenters. The number of rotatable bonds is 5. The SMILES string of the molecule is CC(C)(C)C(CC(=O)O)Nc1cccc(Cl)c1[N+](=O)[O-]. The lowest BCUT2D eigenvalue weighted by molar-refractivity contribution is -0.383. The lowest BCUT2D eigenvalue weighted by atomic mass is 9.84. The summed E-state index contributed by atoms with van der Waals surface area (Å²) in [5.74, 6) is -0.970. The molecule has 1 aromatic carbocycles. The molecule has 0 fully saturated rings. The second kappa shape index (κ2) is 6.09. The Hall–Kier alpha value is -1.82. The van der Waals surface area contributed by atoms with Crippen LogP contribution in [0, 0.1) is 15.5 Å². The van der Waals surface area contributed by atoms with E-state index in [1.54, 1.807) is 6.07 Å². The fraction of sp³-hybridized carbons (Fsp3) is 0.462. The molecule has 0 aliphatic heterocycles. The van der Waals surface area contributed by atoms with Gasteiger partial charge in [0.05, 0.1) is 11.3 Å². The van der Waals surface area contributed by atoms with Gasteiger partial charge in [0.1, 0.15) is 10.7 Å². The minimum Gasteiger partial charge on any atom is -0.481 e. The second-order valence-electron chi connectivity index (χ2n) is 5.55. The first-order chi connectivity index (χ1) is 9.12. The number of carbonyl (C=O) groups is 1. The zero-order valence-corrected chi connectivity index (χ0v) is 12.3. The number of nitrogens with one attached hydrogen (secondary N) is 1. The first kappa shape index (κ1) is 16.2. The van der Waals surface area contributed by atoms with E-state index in [1.807, 2.05) is 20.8 Å². The molecule has 0 aromatic heterocycles. The average molecular weight is 301 g/mol. The summed E-state index contributed by atoms with van der Waals surface area (Å²) in [6, 6.07) is 4.06. The number of nitro groups is 1. The van der Waals surface area contributed by atoms with Crippen molar-refractivity contribution in [2.24, 2.45) is 5.41 Å². The molecule has 1 rings (SSSR count). The Morgan fingerprint density at radius 2 is 2.10 bits per heavy atom. The van der Waals surface area contributed by atoms with Gasteiger partial charge in [-0.2, -0.15) is 0 Å². The molecule has 2 N–H and O–H groups in total. The molecule has 1 atom stereocenters. The maximum atomic E-state index is 11.1. The van der Waals surface area contributed by atoms with E-state index >= 15 is 0 Å². The second-order valence-corrected chi connectivity index (χ2v) is 5.96. The van der Waals surface area contributed by atoms with Gasteiger partial charge >= 0.3 is 11.7 Å². The molecule has 0 radical (unpaired) electrons. The first-order valence-electron chi connectivity index (χ1n) is 6.04. The van der Waals surface area contributed by atoms with Crippen molar-refractivity contribution in [2.75, 3.05) is 5.32 Å². The molecule has 0 heterocycles. The molecule has 0 saturated carbocycles. The van der Waals surface area contributed by atoms with Crippen LogP contribution in [0.4, 0.5) is 11.4 Å². The Morgan fingerprint density at radius 1 is 1.50 bits per heavy atom. The average Bonchev–Trinajstić information content (AvgIpc) is 2.25. The molecule has 20 heavy (non-hydrogen) atoms. The van der Waals surface area contributed by atoms with E-state index in [9.17, 15) is 14.9 Å². The Morgan fingerprint density at radius 3 is 2.55 bits per heavy atom. The Kier molecular flexibility index (Phi) is 4.94. The molecule has 0 aliphatic rings. The summed E-state index contributed by atoms with van der Waals surface area (Å²) >= 11 is 5.83. The third-order valence-electron chi connectivity index (χ3n) is 2.92. The Labute approximate surface area is 121 Å². The number of carboxylic acids is 1. The molecular weight excluding hydrogens is 284 g/mol. The quantitative estimate of drug-likeness (QED) is 0.641. The van der Waals surface area contributed by atoms with E-state index in [-0.39, 0.29) is 28.2 Å². The van der Waals surface area contributed by atoms with Crippen molar-refractivity contribution in [3.05, 3.63) is 33.3 Å². The fourth-order valence-electron chi connectivity index (χ4n) is 1.75. The highest BCUT2D eigenvalue weighted by Crippen LogP contribution is 2.35. The topological polar surface area (TPSA) is 92.5 Å². The van der Waals surface area contributed by atoms with E-state index in [0.29, 0.717) is 0 Å². The minimum atomic E-state index is -0.970. The summed E-state index contributed by atoms with van der Waals surface area (Å²) in [5, 5.41) is 23.0. The maximum absolute atomic E-state index is 11.1. The number of hydrogen-bond donors (Lipinski definition) is 2. The van der Waals surface area contributed by atoms with Gasteiger partial charge < -0.3 is 10.4 Å². The smallest absolute Gasteiger partial charge is 0.310 e. The number of nitro benzene ring substituents is 1. The van der Waals surface area contributed by atoms with Gasteiger partial charge in [-0.05, 0) is 17.5 Å². The van der Waals surface area contributed by atoms with Crippen LogP contribution in [-0.4, -0.2) is 22.0 Å². The molecule has 0 bridgehead atoms. The van der Waals surface area contributed by atoms with Gasteiger partial charge in [-0.1, -0.05) is 38.4 Å². The van der Waals surface area contributed by atoms with Crippen molar-refractivity contribution in [1.82, 2.24) is 0 Å². The summed E-state index contributed by atoms with van der Waals surface area (Å²) in [6.45, 7) is 5.60. The van der Waals surface area contributed by atoms with Crippen molar-refractivity contribution in [1.29, 1.82) is 0 Å². The largest absolute Gasteiger partial charge is 0.481 e. The van der Waals surface area contributed by atoms with Crippen LogP contribution in [0.15, 0.2) is 18.2 Å². The lowest BCUT2D eigenvalue weighted by Crippen LogP contribution is -2.36. The lowest BCUT2D eigenvalue weighted by Gasteiger charge is -2.31. The highest BCUT2D eigenvalue weighted by atomic mass is 35.5. The summed E-state index contributed by atoms with van der Waals surface area (Å²) in [6.07, 6.45) is -0.146. The number of benzene rings is 1. The summed E-state index contributed by atoms with van der Waals surface area (Å²) in [7, 11) is 0. The van der Waals surface area contributed by atoms with Crippen LogP contribution < -0.4 is 5.32 Å². The van der Waals surface area contributed by atoms with E-state index < -0.39 is 16.9 Å². The van der Waals surface area contributed by atoms with Crippen LogP contribution in [0.1, 0.15) is 27.2 Å². The predicted octanol–water partition coefficient (Wildman–Crippen LogP) is 3.55. The van der Waals surface area contributed by atoms with E-state index in [1.165, 1.54) is 12.1 Å². The van der Waals surface area contributed by atoms with Crippen molar-refractivity contribution >= 4 is 28.9 Å². The van der Waals surface area contributed by atoms with E-state index in [2.05, 4.69) is 5.32 Å². The van der Waals surface area contributed by atoms with Crippen molar-refractivity contribution in [3.8, 4) is 0 Å². The minimum absolute atomic E-state index is 0.0167. The van der Waals surface area contributed by atoms with Crippen LogP contribution in [0.2, 0.25) is 5.02 Å². The van der Waals surface area contributed by atoms with Gasteiger partial charge in [0, 0.05) is 6.04 Å². The zero-order chi connectivity index (χ0) is 15.5. The molecule has 7 heteroatoms. The molecule has 0 amide bonds. The van der Waals surface area contributed by atoms with Crippen molar-refractivity contribution in [2.45, 2.75) is 33.2 Å². The van der Waals surface area contributed by atoms with Gasteiger partial charge in [-0.3, -0.25) is 14.9 Å². The van der Waals surface area contributed by atoms with Crippen LogP contribution in [0.25, 0.3) is 0 Å². The molecule has 0 spiro atoms. The van der Waals surface area contributed by atoms with Gasteiger partial charge in [0.2, 0.25) is 0 Å². The van der Waals surface area contributed by atoms with Crippen LogP contribution in [0.3, 0.4) is 0 Å². The summed E-state index contributed by atoms with van der Waals surface area (Å²) in [5.41, 5.74) is -0.397. The molecule has 0 saturated heterocycles. The molecular formula is C13H17ClN2O4. The van der Waals surface area contributed by atoms with Gasteiger partial charge in [0.25, 0.3) is 0 Å². The standard InChI is InChI=1S/C13H17ClN2O4/c1-13(2,3)10(7-11(17)18)15-9-6-4-5-8(14)12(9)16(19)20/h4-6,10,15H,7H2,1-3H3,(H,17,18). The summed E-state index contributed by atoms with van der Waals surface area (Å²) < 4.78 is 0. The monoisotopic (exact) mass is 300 g/mol. The number of carboxylic acid groups (broad SMARTS) is 1. The third kappa shape index (κ3) is 4.09. The number of para-hydroxylation sites is 1. The fourth-order valence-corrected chi connectivity index (χ4v) is 2.00. The first-order valence-corrected chi connectivity index (χ1v) is 6.42. The van der Waals surface area contributed by atoms with Crippen LogP contribution in [-0.2, 0) is 4.79 Å². The normalized spacial score (nSPS) is 12.8. The number of nitrogens with zero attached hydrogens (tertiary/aromatic N) is 1. The maximum Gasteiger partial charge on any atom is 0.310 e. The van der Waals surface area contributed by atoms with E-state index in [0.717, 1.165) is 0 Å². The third-order valence-corrected chi connectivity index (χ3v) is 3.23.